The lowest BCUT2D eigenvalue weighted by molar-refractivity contribution is -0.121. The summed E-state index contributed by atoms with van der Waals surface area (Å²) in [5.41, 5.74) is 11.4. The highest BCUT2D eigenvalue weighted by molar-refractivity contribution is 6.03. The van der Waals surface area contributed by atoms with E-state index < -0.39 is 5.91 Å². The molecule has 38 heavy (non-hydrogen) atoms. The minimum Gasteiger partial charge on any atom is -0.366 e. The number of carbonyl (C=O) groups is 2. The highest BCUT2D eigenvalue weighted by atomic mass is 16.2. The predicted molar refractivity (Wildman–Crippen MR) is 147 cm³/mol. The van der Waals surface area contributed by atoms with Gasteiger partial charge in [-0.2, -0.15) is 5.10 Å². The maximum absolute atomic E-state index is 12.7. The molecule has 6 rings (SSSR count). The van der Waals surface area contributed by atoms with Crippen LogP contribution < -0.4 is 11.1 Å². The molecule has 190 valence electrons. The fraction of sp³-hybridized carbons (Fsp3) is 0.200. The van der Waals surface area contributed by atoms with Crippen molar-refractivity contribution in [3.63, 3.8) is 0 Å². The fourth-order valence-corrected chi connectivity index (χ4v) is 4.81. The largest absolute Gasteiger partial charge is 0.366 e. The standard InChI is InChI=1S/C30H28N6O2/c31-29(38)25-10-5-9-24(19-12-13-20-17-32-35-26(20)16-19)28(25)30-34-22(6-4-11-27(37)33-21-14-15-21)18-36(30)23-7-2-1-3-8-23/h1-3,5,7-10,12-13,16-18,21H,4,6,11,14-15H2,(H2,31,38)(H,32,35)(H,33,37). The third kappa shape index (κ3) is 4.80. The van der Waals surface area contributed by atoms with Crippen molar-refractivity contribution in [3.8, 4) is 28.2 Å². The Bertz CT molecular complexity index is 1630. The first-order valence-corrected chi connectivity index (χ1v) is 12.9. The zero-order valence-electron chi connectivity index (χ0n) is 20.9. The first-order valence-electron chi connectivity index (χ1n) is 12.9. The first kappa shape index (κ1) is 23.7. The van der Waals surface area contributed by atoms with E-state index in [-0.39, 0.29) is 5.91 Å². The number of amides is 2. The second-order valence-corrected chi connectivity index (χ2v) is 9.72. The van der Waals surface area contributed by atoms with Crippen molar-refractivity contribution in [3.05, 3.63) is 90.4 Å². The molecule has 0 saturated heterocycles. The summed E-state index contributed by atoms with van der Waals surface area (Å²) >= 11 is 0. The molecule has 4 N–H and O–H groups in total. The van der Waals surface area contributed by atoms with Crippen LogP contribution in [0.4, 0.5) is 0 Å². The number of primary amides is 1. The highest BCUT2D eigenvalue weighted by Gasteiger charge is 2.24. The van der Waals surface area contributed by atoms with Crippen LogP contribution in [0.3, 0.4) is 0 Å². The predicted octanol–water partition coefficient (Wildman–Crippen LogP) is 4.78. The molecule has 0 bridgehead atoms. The molecule has 8 heteroatoms. The van der Waals surface area contributed by atoms with Gasteiger partial charge in [-0.25, -0.2) is 4.98 Å². The van der Waals surface area contributed by atoms with Crippen molar-refractivity contribution >= 4 is 22.7 Å². The van der Waals surface area contributed by atoms with Crippen molar-refractivity contribution in [2.24, 2.45) is 5.73 Å². The van der Waals surface area contributed by atoms with E-state index in [1.54, 1.807) is 12.3 Å². The molecule has 1 saturated carbocycles. The van der Waals surface area contributed by atoms with Crippen molar-refractivity contribution in [2.45, 2.75) is 38.1 Å². The minimum absolute atomic E-state index is 0.0887. The van der Waals surface area contributed by atoms with E-state index in [1.807, 2.05) is 71.4 Å². The van der Waals surface area contributed by atoms with Gasteiger partial charge < -0.3 is 11.1 Å². The number of benzene rings is 3. The number of aromatic amines is 1. The van der Waals surface area contributed by atoms with E-state index >= 15 is 0 Å². The Morgan fingerprint density at radius 1 is 1.05 bits per heavy atom. The summed E-state index contributed by atoms with van der Waals surface area (Å²) < 4.78 is 2.00. The molecule has 0 spiro atoms. The molecular formula is C30H28N6O2. The highest BCUT2D eigenvalue weighted by Crippen LogP contribution is 2.37. The number of hydrogen-bond acceptors (Lipinski definition) is 4. The summed E-state index contributed by atoms with van der Waals surface area (Å²) in [6.45, 7) is 0. The molecule has 2 amide bonds. The molecular weight excluding hydrogens is 476 g/mol. The summed E-state index contributed by atoms with van der Waals surface area (Å²) in [7, 11) is 0. The number of imidazole rings is 1. The molecule has 2 aromatic heterocycles. The Balaban J connectivity index is 1.44. The van der Waals surface area contributed by atoms with Crippen LogP contribution in [0.5, 0.6) is 0 Å². The van der Waals surface area contributed by atoms with Gasteiger partial charge in [-0.1, -0.05) is 42.5 Å². The zero-order valence-corrected chi connectivity index (χ0v) is 20.9. The van der Waals surface area contributed by atoms with E-state index in [4.69, 9.17) is 10.7 Å². The number of aryl methyl sites for hydroxylation is 1. The molecule has 2 heterocycles. The quantitative estimate of drug-likeness (QED) is 0.268. The van der Waals surface area contributed by atoms with Crippen LogP contribution in [-0.4, -0.2) is 37.6 Å². The molecule has 1 aliphatic carbocycles. The number of aromatic nitrogens is 4. The summed E-state index contributed by atoms with van der Waals surface area (Å²) in [5, 5.41) is 11.2. The van der Waals surface area contributed by atoms with Gasteiger partial charge in [-0.3, -0.25) is 19.3 Å². The van der Waals surface area contributed by atoms with Crippen LogP contribution in [-0.2, 0) is 11.2 Å². The smallest absolute Gasteiger partial charge is 0.249 e. The van der Waals surface area contributed by atoms with Gasteiger partial charge in [-0.05, 0) is 61.1 Å². The number of nitrogens with one attached hydrogen (secondary N) is 2. The van der Waals surface area contributed by atoms with Gasteiger partial charge in [0.25, 0.3) is 0 Å². The Morgan fingerprint density at radius 2 is 1.89 bits per heavy atom. The number of rotatable bonds is 9. The SMILES string of the molecule is NC(=O)c1cccc(-c2ccc3cn[nH]c3c2)c1-c1nc(CCCC(=O)NC2CC2)cn1-c1ccccc1. The number of hydrogen-bond donors (Lipinski definition) is 3. The van der Waals surface area contributed by atoms with Gasteiger partial charge in [0.15, 0.2) is 0 Å². The Hall–Kier alpha value is -4.72. The second-order valence-electron chi connectivity index (χ2n) is 9.72. The van der Waals surface area contributed by atoms with E-state index in [0.717, 1.165) is 46.3 Å². The first-order chi connectivity index (χ1) is 18.6. The molecule has 5 aromatic rings. The minimum atomic E-state index is -0.523. The molecule has 3 aromatic carbocycles. The van der Waals surface area contributed by atoms with Gasteiger partial charge in [0.1, 0.15) is 5.82 Å². The van der Waals surface area contributed by atoms with E-state index in [2.05, 4.69) is 15.5 Å². The topological polar surface area (TPSA) is 119 Å². The number of para-hydroxylation sites is 1. The van der Waals surface area contributed by atoms with Crippen molar-refractivity contribution < 1.29 is 9.59 Å². The van der Waals surface area contributed by atoms with E-state index in [1.165, 1.54) is 0 Å². The number of carbonyl (C=O) groups excluding carboxylic acids is 2. The van der Waals surface area contributed by atoms with E-state index in [0.29, 0.717) is 42.3 Å². The van der Waals surface area contributed by atoms with Crippen molar-refractivity contribution in [1.82, 2.24) is 25.1 Å². The van der Waals surface area contributed by atoms with Crippen LogP contribution in [0, 0.1) is 0 Å². The van der Waals surface area contributed by atoms with Gasteiger partial charge in [0.05, 0.1) is 23.0 Å². The molecule has 0 unspecified atom stereocenters. The third-order valence-corrected chi connectivity index (χ3v) is 6.88. The normalized spacial score (nSPS) is 13.1. The van der Waals surface area contributed by atoms with Crippen LogP contribution >= 0.6 is 0 Å². The average molecular weight is 505 g/mol. The van der Waals surface area contributed by atoms with Crippen LogP contribution in [0.1, 0.15) is 41.7 Å². The maximum Gasteiger partial charge on any atom is 0.249 e. The Morgan fingerprint density at radius 3 is 2.68 bits per heavy atom. The number of nitrogens with zero attached hydrogens (tertiary/aromatic N) is 3. The Labute approximate surface area is 219 Å². The van der Waals surface area contributed by atoms with Gasteiger partial charge >= 0.3 is 0 Å². The summed E-state index contributed by atoms with van der Waals surface area (Å²) in [6, 6.07) is 21.8. The number of fused-ring (bicyclic) bond motifs is 1. The Kier molecular flexibility index (Phi) is 6.21. The van der Waals surface area contributed by atoms with Crippen LogP contribution in [0.15, 0.2) is 79.1 Å². The summed E-state index contributed by atoms with van der Waals surface area (Å²) in [4.78, 5) is 29.9. The van der Waals surface area contributed by atoms with Crippen molar-refractivity contribution in [1.29, 1.82) is 0 Å². The molecule has 8 nitrogen and oxygen atoms in total. The average Bonchev–Trinajstić information content (AvgIpc) is 3.44. The molecule has 0 radical (unpaired) electrons. The summed E-state index contributed by atoms with van der Waals surface area (Å²) in [6.07, 6.45) is 7.69. The molecule has 0 atom stereocenters. The fourth-order valence-electron chi connectivity index (χ4n) is 4.81. The maximum atomic E-state index is 12.7. The van der Waals surface area contributed by atoms with E-state index in [9.17, 15) is 9.59 Å². The van der Waals surface area contributed by atoms with Crippen LogP contribution in [0.25, 0.3) is 39.1 Å². The third-order valence-electron chi connectivity index (χ3n) is 6.88. The molecule has 1 aliphatic rings. The lowest BCUT2D eigenvalue weighted by atomic mass is 9.93. The lowest BCUT2D eigenvalue weighted by Crippen LogP contribution is -2.25. The van der Waals surface area contributed by atoms with Crippen molar-refractivity contribution in [2.75, 3.05) is 0 Å². The van der Waals surface area contributed by atoms with Crippen LogP contribution in [0.2, 0.25) is 0 Å². The lowest BCUT2D eigenvalue weighted by Gasteiger charge is -2.15. The molecule has 1 fully saturated rings. The molecule has 0 aliphatic heterocycles. The van der Waals surface area contributed by atoms with Gasteiger partial charge in [0, 0.05) is 35.3 Å². The summed E-state index contributed by atoms with van der Waals surface area (Å²) in [5.74, 6) is 0.193. The van der Waals surface area contributed by atoms with Gasteiger partial charge in [0.2, 0.25) is 11.8 Å². The van der Waals surface area contributed by atoms with Gasteiger partial charge in [-0.15, -0.1) is 0 Å². The number of H-pyrrole nitrogens is 1. The zero-order chi connectivity index (χ0) is 26.1. The second kappa shape index (κ2) is 9.97. The number of nitrogens with two attached hydrogens (primary N) is 1. The monoisotopic (exact) mass is 504 g/mol.